The molecule has 3 aromatic rings. The molecule has 1 aliphatic heterocycles. The molecule has 2 aromatic heterocycles. The first-order chi connectivity index (χ1) is 12.8. The zero-order valence-corrected chi connectivity index (χ0v) is 14.6. The van der Waals surface area contributed by atoms with Crippen molar-refractivity contribution in [2.24, 2.45) is 0 Å². The van der Waals surface area contributed by atoms with Gasteiger partial charge in [0.05, 0.1) is 25.2 Å². The molecule has 0 spiro atoms. The SMILES string of the molecule is CCOc1ccccc1-c1ccnc2nc(N3CCOCC3)[nH]c(=O)c12. The number of hydrogen-bond acceptors (Lipinski definition) is 6. The predicted octanol–water partition coefficient (Wildman–Crippen LogP) is 2.22. The van der Waals surface area contributed by atoms with E-state index in [1.165, 1.54) is 0 Å². The van der Waals surface area contributed by atoms with Crippen LogP contribution in [-0.2, 0) is 4.74 Å². The molecule has 0 saturated carbocycles. The highest BCUT2D eigenvalue weighted by Gasteiger charge is 2.18. The number of fused-ring (bicyclic) bond motifs is 1. The van der Waals surface area contributed by atoms with E-state index in [4.69, 9.17) is 9.47 Å². The van der Waals surface area contributed by atoms with Gasteiger partial charge in [0.25, 0.3) is 5.56 Å². The highest BCUT2D eigenvalue weighted by molar-refractivity contribution is 5.93. The summed E-state index contributed by atoms with van der Waals surface area (Å²) >= 11 is 0. The Morgan fingerprint density at radius 3 is 2.81 bits per heavy atom. The van der Waals surface area contributed by atoms with Crippen LogP contribution in [0, 0.1) is 0 Å². The van der Waals surface area contributed by atoms with Crippen molar-refractivity contribution in [3.05, 3.63) is 46.9 Å². The summed E-state index contributed by atoms with van der Waals surface area (Å²) < 4.78 is 11.1. The van der Waals surface area contributed by atoms with Crippen molar-refractivity contribution >= 4 is 17.0 Å². The Morgan fingerprint density at radius 2 is 2.00 bits per heavy atom. The number of benzene rings is 1. The molecular weight excluding hydrogens is 332 g/mol. The summed E-state index contributed by atoms with van der Waals surface area (Å²) in [5.74, 6) is 1.27. The molecule has 1 aromatic carbocycles. The van der Waals surface area contributed by atoms with E-state index in [1.54, 1.807) is 6.20 Å². The molecule has 1 aliphatic rings. The molecular formula is C19H20N4O3. The summed E-state index contributed by atoms with van der Waals surface area (Å²) in [5, 5.41) is 0.469. The average molecular weight is 352 g/mol. The Balaban J connectivity index is 1.86. The van der Waals surface area contributed by atoms with Gasteiger partial charge >= 0.3 is 0 Å². The van der Waals surface area contributed by atoms with Crippen molar-refractivity contribution < 1.29 is 9.47 Å². The largest absolute Gasteiger partial charge is 0.493 e. The van der Waals surface area contributed by atoms with E-state index in [0.717, 1.165) is 16.9 Å². The minimum absolute atomic E-state index is 0.203. The number of morpholine rings is 1. The van der Waals surface area contributed by atoms with Crippen LogP contribution in [-0.4, -0.2) is 47.9 Å². The van der Waals surface area contributed by atoms with E-state index < -0.39 is 0 Å². The number of rotatable bonds is 4. The van der Waals surface area contributed by atoms with Gasteiger partial charge in [0.2, 0.25) is 5.95 Å². The highest BCUT2D eigenvalue weighted by atomic mass is 16.5. The second kappa shape index (κ2) is 7.13. The maximum Gasteiger partial charge on any atom is 0.262 e. The second-order valence-electron chi connectivity index (χ2n) is 5.98. The molecule has 3 heterocycles. The predicted molar refractivity (Wildman–Crippen MR) is 99.8 cm³/mol. The molecule has 0 amide bonds. The summed E-state index contributed by atoms with van der Waals surface area (Å²) in [7, 11) is 0. The van der Waals surface area contributed by atoms with E-state index in [2.05, 4.69) is 15.0 Å². The van der Waals surface area contributed by atoms with Crippen LogP contribution in [0.1, 0.15) is 6.92 Å². The normalized spacial score (nSPS) is 14.6. The molecule has 1 saturated heterocycles. The van der Waals surface area contributed by atoms with E-state index >= 15 is 0 Å². The maximum absolute atomic E-state index is 12.9. The lowest BCUT2D eigenvalue weighted by Crippen LogP contribution is -2.38. The first kappa shape index (κ1) is 16.5. The lowest BCUT2D eigenvalue weighted by Gasteiger charge is -2.27. The van der Waals surface area contributed by atoms with Crippen molar-refractivity contribution in [3.8, 4) is 16.9 Å². The van der Waals surface area contributed by atoms with Gasteiger partial charge in [-0.3, -0.25) is 9.78 Å². The van der Waals surface area contributed by atoms with Gasteiger partial charge in [-0.25, -0.2) is 4.98 Å². The van der Waals surface area contributed by atoms with Crippen molar-refractivity contribution in [1.29, 1.82) is 0 Å². The molecule has 134 valence electrons. The molecule has 1 N–H and O–H groups in total. The zero-order chi connectivity index (χ0) is 17.9. The van der Waals surface area contributed by atoms with Crippen LogP contribution in [0.4, 0.5) is 5.95 Å². The fraction of sp³-hybridized carbons (Fsp3) is 0.316. The number of H-pyrrole nitrogens is 1. The molecule has 0 radical (unpaired) electrons. The third-order valence-corrected chi connectivity index (χ3v) is 4.38. The number of anilines is 1. The van der Waals surface area contributed by atoms with Crippen molar-refractivity contribution in [2.45, 2.75) is 6.92 Å². The summed E-state index contributed by atoms with van der Waals surface area (Å²) in [4.78, 5) is 26.7. The van der Waals surface area contributed by atoms with Crippen LogP contribution in [0.3, 0.4) is 0 Å². The number of nitrogens with zero attached hydrogens (tertiary/aromatic N) is 3. The Bertz CT molecular complexity index is 980. The number of aromatic amines is 1. The fourth-order valence-electron chi connectivity index (χ4n) is 3.17. The van der Waals surface area contributed by atoms with E-state index in [0.29, 0.717) is 49.9 Å². The van der Waals surface area contributed by atoms with Crippen molar-refractivity contribution in [3.63, 3.8) is 0 Å². The molecule has 0 bridgehead atoms. The van der Waals surface area contributed by atoms with Gasteiger partial charge in [-0.05, 0) is 19.1 Å². The number of ether oxygens (including phenoxy) is 2. The molecule has 0 atom stereocenters. The Kier molecular flexibility index (Phi) is 4.53. The van der Waals surface area contributed by atoms with E-state index in [-0.39, 0.29) is 5.56 Å². The lowest BCUT2D eigenvalue weighted by molar-refractivity contribution is 0.122. The summed E-state index contributed by atoms with van der Waals surface area (Å²) in [6.45, 7) is 5.12. The molecule has 0 aliphatic carbocycles. The molecule has 26 heavy (non-hydrogen) atoms. The standard InChI is InChI=1S/C19H20N4O3/c1-2-26-15-6-4-3-5-13(15)14-7-8-20-17-16(14)18(24)22-19(21-17)23-9-11-25-12-10-23/h3-8H,2,9-12H2,1H3,(H,20,21,22,24). The van der Waals surface area contributed by atoms with Crippen molar-refractivity contribution in [2.75, 3.05) is 37.8 Å². The molecule has 0 unspecified atom stereocenters. The second-order valence-corrected chi connectivity index (χ2v) is 5.98. The van der Waals surface area contributed by atoms with Gasteiger partial charge in [0.1, 0.15) is 5.75 Å². The zero-order valence-electron chi connectivity index (χ0n) is 14.6. The molecule has 4 rings (SSSR count). The summed E-state index contributed by atoms with van der Waals surface area (Å²) in [6, 6.07) is 9.50. The lowest BCUT2D eigenvalue weighted by atomic mass is 10.0. The monoisotopic (exact) mass is 352 g/mol. The van der Waals surface area contributed by atoms with Crippen LogP contribution in [0.5, 0.6) is 5.75 Å². The average Bonchev–Trinajstić information content (AvgIpc) is 2.69. The van der Waals surface area contributed by atoms with Crippen LogP contribution in [0.25, 0.3) is 22.2 Å². The first-order valence-electron chi connectivity index (χ1n) is 8.72. The minimum atomic E-state index is -0.203. The topological polar surface area (TPSA) is 80.3 Å². The maximum atomic E-state index is 12.9. The van der Waals surface area contributed by atoms with E-state index in [1.807, 2.05) is 42.2 Å². The van der Waals surface area contributed by atoms with Gasteiger partial charge in [-0.1, -0.05) is 18.2 Å². The highest BCUT2D eigenvalue weighted by Crippen LogP contribution is 2.32. The summed E-state index contributed by atoms with van der Waals surface area (Å²) in [6.07, 6.45) is 1.68. The Morgan fingerprint density at radius 1 is 1.19 bits per heavy atom. The van der Waals surface area contributed by atoms with E-state index in [9.17, 15) is 4.79 Å². The Hall–Kier alpha value is -2.93. The minimum Gasteiger partial charge on any atom is -0.493 e. The summed E-state index contributed by atoms with van der Waals surface area (Å²) in [5.41, 5.74) is 1.85. The van der Waals surface area contributed by atoms with Crippen molar-refractivity contribution in [1.82, 2.24) is 15.0 Å². The van der Waals surface area contributed by atoms with Gasteiger partial charge in [0.15, 0.2) is 5.65 Å². The third-order valence-electron chi connectivity index (χ3n) is 4.38. The molecule has 7 heteroatoms. The number of aromatic nitrogens is 3. The van der Waals surface area contributed by atoms with Crippen LogP contribution in [0.15, 0.2) is 41.3 Å². The number of pyridine rings is 1. The Labute approximate surface area is 150 Å². The quantitative estimate of drug-likeness (QED) is 0.775. The van der Waals surface area contributed by atoms with Crippen LogP contribution < -0.4 is 15.2 Å². The number of para-hydroxylation sites is 1. The third kappa shape index (κ3) is 3.01. The number of hydrogen-bond donors (Lipinski definition) is 1. The van der Waals surface area contributed by atoms with Gasteiger partial charge in [0, 0.05) is 30.4 Å². The fourth-order valence-corrected chi connectivity index (χ4v) is 3.17. The van der Waals surface area contributed by atoms with Crippen LogP contribution >= 0.6 is 0 Å². The van der Waals surface area contributed by atoms with Gasteiger partial charge in [-0.2, -0.15) is 4.98 Å². The first-order valence-corrected chi connectivity index (χ1v) is 8.72. The van der Waals surface area contributed by atoms with Gasteiger partial charge < -0.3 is 14.4 Å². The van der Waals surface area contributed by atoms with Crippen LogP contribution in [0.2, 0.25) is 0 Å². The molecule has 7 nitrogen and oxygen atoms in total. The number of nitrogens with one attached hydrogen (secondary N) is 1. The van der Waals surface area contributed by atoms with Gasteiger partial charge in [-0.15, -0.1) is 0 Å². The smallest absolute Gasteiger partial charge is 0.262 e. The molecule has 1 fully saturated rings.